The van der Waals surface area contributed by atoms with E-state index >= 15 is 0 Å². The number of unbranched alkanes of at least 4 members (excludes halogenated alkanes) is 1. The van der Waals surface area contributed by atoms with Crippen molar-refractivity contribution in [2.24, 2.45) is 0 Å². The van der Waals surface area contributed by atoms with Crippen molar-refractivity contribution in [3.63, 3.8) is 0 Å². The molecule has 6 heteroatoms. The molecule has 0 spiro atoms. The summed E-state index contributed by atoms with van der Waals surface area (Å²) in [6.45, 7) is 4.30. The molecule has 0 bridgehead atoms. The van der Waals surface area contributed by atoms with Crippen LogP contribution in [0.25, 0.3) is 21.2 Å². The van der Waals surface area contributed by atoms with Crippen molar-refractivity contribution in [1.29, 1.82) is 0 Å². The second kappa shape index (κ2) is 10.3. The van der Waals surface area contributed by atoms with Crippen LogP contribution in [0.5, 0.6) is 11.5 Å². The fraction of sp³-hybridized carbons (Fsp3) is 0.259. The predicted octanol–water partition coefficient (Wildman–Crippen LogP) is 8.31. The highest BCUT2D eigenvalue weighted by Crippen LogP contribution is 2.35. The normalized spacial score (nSPS) is 11.2. The third-order valence-electron chi connectivity index (χ3n) is 5.44. The first-order valence-electron chi connectivity index (χ1n) is 11.1. The molecule has 3 aromatic carbocycles. The number of halogens is 3. The Labute approximate surface area is 195 Å². The van der Waals surface area contributed by atoms with E-state index in [0.29, 0.717) is 27.1 Å². The zero-order valence-corrected chi connectivity index (χ0v) is 19.4. The number of fused-ring (bicyclic) bond motifs is 1. The maximum atomic E-state index is 14.8. The number of hydrogen-bond acceptors (Lipinski definition) is 3. The van der Waals surface area contributed by atoms with E-state index in [9.17, 15) is 13.2 Å². The zero-order valence-electron chi connectivity index (χ0n) is 18.6. The van der Waals surface area contributed by atoms with Gasteiger partial charge in [0.25, 0.3) is 0 Å². The fourth-order valence-corrected chi connectivity index (χ4v) is 4.69. The molecule has 1 aromatic heterocycles. The maximum absolute atomic E-state index is 14.8. The van der Waals surface area contributed by atoms with E-state index in [1.807, 2.05) is 24.3 Å². The van der Waals surface area contributed by atoms with Crippen LogP contribution in [0.4, 0.5) is 13.2 Å². The summed E-state index contributed by atoms with van der Waals surface area (Å²) in [6.07, 6.45) is 3.16. The van der Waals surface area contributed by atoms with Crippen LogP contribution in [0.2, 0.25) is 0 Å². The highest BCUT2D eigenvalue weighted by Gasteiger charge is 2.17. The van der Waals surface area contributed by atoms with Gasteiger partial charge < -0.3 is 9.47 Å². The quantitative estimate of drug-likeness (QED) is 0.245. The highest BCUT2D eigenvalue weighted by molar-refractivity contribution is 7.19. The Morgan fingerprint density at radius 2 is 1.52 bits per heavy atom. The topological polar surface area (TPSA) is 18.5 Å². The van der Waals surface area contributed by atoms with Crippen molar-refractivity contribution in [1.82, 2.24) is 0 Å². The Hall–Kier alpha value is -2.99. The Morgan fingerprint density at radius 1 is 0.788 bits per heavy atom. The Kier molecular flexibility index (Phi) is 7.23. The summed E-state index contributed by atoms with van der Waals surface area (Å²) >= 11 is 1.20. The second-order valence-electron chi connectivity index (χ2n) is 7.77. The van der Waals surface area contributed by atoms with Crippen molar-refractivity contribution in [3.8, 4) is 22.6 Å². The number of hydrogen-bond donors (Lipinski definition) is 0. The standard InChI is InChI=1S/C27H25F3O2S/c1-3-5-6-17-7-9-18(10-8-17)21-12-14-22(25(29)24(21)28)32-16-20-15-19-11-13-23(31-4-2)26(30)27(19)33-20/h7-15H,3-6,16H2,1-2H3. The first-order chi connectivity index (χ1) is 16.0. The minimum absolute atomic E-state index is 0.00455. The van der Waals surface area contributed by atoms with E-state index in [2.05, 4.69) is 6.92 Å². The third-order valence-corrected chi connectivity index (χ3v) is 6.56. The molecule has 0 aliphatic rings. The molecule has 0 radical (unpaired) electrons. The van der Waals surface area contributed by atoms with Gasteiger partial charge in [0, 0.05) is 10.4 Å². The zero-order chi connectivity index (χ0) is 23.4. The van der Waals surface area contributed by atoms with E-state index in [1.165, 1.54) is 29.0 Å². The number of benzene rings is 3. The lowest BCUT2D eigenvalue weighted by Crippen LogP contribution is -1.99. The largest absolute Gasteiger partial charge is 0.491 e. The van der Waals surface area contributed by atoms with Gasteiger partial charge in [-0.2, -0.15) is 4.39 Å². The number of aryl methyl sites for hydroxylation is 1. The molecule has 0 saturated heterocycles. The van der Waals surface area contributed by atoms with Gasteiger partial charge >= 0.3 is 0 Å². The van der Waals surface area contributed by atoms with Crippen molar-refractivity contribution in [3.05, 3.63) is 82.5 Å². The van der Waals surface area contributed by atoms with Crippen molar-refractivity contribution in [2.45, 2.75) is 39.7 Å². The van der Waals surface area contributed by atoms with Crippen LogP contribution in [-0.4, -0.2) is 6.61 Å². The first kappa shape index (κ1) is 23.2. The van der Waals surface area contributed by atoms with Crippen molar-refractivity contribution >= 4 is 21.4 Å². The Bertz CT molecular complexity index is 1250. The molecule has 33 heavy (non-hydrogen) atoms. The molecule has 0 saturated carbocycles. The Morgan fingerprint density at radius 3 is 2.24 bits per heavy atom. The average molecular weight is 471 g/mol. The lowest BCUT2D eigenvalue weighted by atomic mass is 10.0. The SMILES string of the molecule is CCCCc1ccc(-c2ccc(OCc3cc4ccc(OCC)c(F)c4s3)c(F)c2F)cc1. The van der Waals surface area contributed by atoms with Crippen LogP contribution in [-0.2, 0) is 13.0 Å². The first-order valence-corrected chi connectivity index (χ1v) is 11.9. The lowest BCUT2D eigenvalue weighted by Gasteiger charge is -2.10. The molecule has 0 aliphatic heterocycles. The molecule has 0 N–H and O–H groups in total. The van der Waals surface area contributed by atoms with Crippen LogP contribution in [0, 0.1) is 17.5 Å². The van der Waals surface area contributed by atoms with E-state index in [0.717, 1.165) is 19.3 Å². The molecule has 0 aliphatic carbocycles. The summed E-state index contributed by atoms with van der Waals surface area (Å²) in [5.41, 5.74) is 1.98. The van der Waals surface area contributed by atoms with Crippen LogP contribution in [0.1, 0.15) is 37.1 Å². The number of thiophene rings is 1. The van der Waals surface area contributed by atoms with Gasteiger partial charge in [-0.15, -0.1) is 11.3 Å². The summed E-state index contributed by atoms with van der Waals surface area (Å²) in [7, 11) is 0. The van der Waals surface area contributed by atoms with Gasteiger partial charge in [0.1, 0.15) is 6.61 Å². The third kappa shape index (κ3) is 5.01. The molecule has 2 nitrogen and oxygen atoms in total. The Balaban J connectivity index is 1.50. The molecule has 1 heterocycles. The predicted molar refractivity (Wildman–Crippen MR) is 128 cm³/mol. The van der Waals surface area contributed by atoms with E-state index in [-0.39, 0.29) is 23.7 Å². The fourth-order valence-electron chi connectivity index (χ4n) is 3.69. The van der Waals surface area contributed by atoms with Gasteiger partial charge in [0.05, 0.1) is 11.3 Å². The summed E-state index contributed by atoms with van der Waals surface area (Å²) in [6, 6.07) is 15.6. The van der Waals surface area contributed by atoms with E-state index in [4.69, 9.17) is 9.47 Å². The van der Waals surface area contributed by atoms with Crippen LogP contribution < -0.4 is 9.47 Å². The molecular weight excluding hydrogens is 445 g/mol. The number of ether oxygens (including phenoxy) is 2. The number of rotatable bonds is 9. The van der Waals surface area contributed by atoms with Crippen LogP contribution in [0.3, 0.4) is 0 Å². The molecule has 0 atom stereocenters. The van der Waals surface area contributed by atoms with Gasteiger partial charge in [0.2, 0.25) is 5.82 Å². The van der Waals surface area contributed by atoms with Gasteiger partial charge in [-0.1, -0.05) is 37.6 Å². The molecule has 4 aromatic rings. The highest BCUT2D eigenvalue weighted by atomic mass is 32.1. The molecule has 0 unspecified atom stereocenters. The van der Waals surface area contributed by atoms with Crippen LogP contribution >= 0.6 is 11.3 Å². The molecule has 0 fully saturated rings. The van der Waals surface area contributed by atoms with Gasteiger partial charge in [-0.3, -0.25) is 0 Å². The molecular formula is C27H25F3O2S. The molecule has 4 rings (SSSR count). The average Bonchev–Trinajstić information content (AvgIpc) is 3.25. The van der Waals surface area contributed by atoms with Crippen molar-refractivity contribution < 1.29 is 22.6 Å². The second-order valence-corrected chi connectivity index (χ2v) is 8.91. The monoisotopic (exact) mass is 470 g/mol. The smallest absolute Gasteiger partial charge is 0.201 e. The summed E-state index contributed by atoms with van der Waals surface area (Å²) < 4.78 is 55.4. The lowest BCUT2D eigenvalue weighted by molar-refractivity contribution is 0.288. The van der Waals surface area contributed by atoms with Gasteiger partial charge in [-0.05, 0) is 66.6 Å². The van der Waals surface area contributed by atoms with E-state index < -0.39 is 17.5 Å². The summed E-state index contributed by atoms with van der Waals surface area (Å²) in [5, 5.41) is 0.712. The summed E-state index contributed by atoms with van der Waals surface area (Å²) in [4.78, 5) is 0.698. The minimum atomic E-state index is -1.03. The minimum Gasteiger partial charge on any atom is -0.491 e. The maximum Gasteiger partial charge on any atom is 0.201 e. The summed E-state index contributed by atoms with van der Waals surface area (Å²) in [5.74, 6) is -2.39. The molecule has 0 amide bonds. The van der Waals surface area contributed by atoms with Crippen LogP contribution in [0.15, 0.2) is 54.6 Å². The van der Waals surface area contributed by atoms with Gasteiger partial charge in [-0.25, -0.2) is 8.78 Å². The van der Waals surface area contributed by atoms with Crippen molar-refractivity contribution in [2.75, 3.05) is 6.61 Å². The molecule has 172 valence electrons. The van der Waals surface area contributed by atoms with E-state index in [1.54, 1.807) is 25.1 Å². The van der Waals surface area contributed by atoms with Gasteiger partial charge in [0.15, 0.2) is 23.1 Å².